The van der Waals surface area contributed by atoms with Crippen LogP contribution in [0.2, 0.25) is 5.02 Å². The minimum Gasteiger partial charge on any atom is -0.368 e. The lowest BCUT2D eigenvalue weighted by atomic mass is 10.1. The van der Waals surface area contributed by atoms with E-state index in [1.807, 2.05) is 4.90 Å². The summed E-state index contributed by atoms with van der Waals surface area (Å²) in [6.07, 6.45) is -3.68. The van der Waals surface area contributed by atoms with Crippen molar-refractivity contribution in [2.24, 2.45) is 5.92 Å². The van der Waals surface area contributed by atoms with E-state index in [4.69, 9.17) is 11.6 Å². The Labute approximate surface area is 177 Å². The third kappa shape index (κ3) is 4.62. The van der Waals surface area contributed by atoms with E-state index in [2.05, 4.69) is 0 Å². The van der Waals surface area contributed by atoms with Crippen LogP contribution in [0.3, 0.4) is 0 Å². The summed E-state index contributed by atoms with van der Waals surface area (Å²) < 4.78 is 53.1. The molecule has 1 unspecified atom stereocenters. The van der Waals surface area contributed by atoms with Crippen molar-refractivity contribution in [1.82, 2.24) is 4.90 Å². The summed E-state index contributed by atoms with van der Waals surface area (Å²) in [4.78, 5) is 16.3. The molecule has 2 aromatic carbocycles. The fraction of sp³-hybridized carbons (Fsp3) is 0.409. The molecule has 1 saturated carbocycles. The zero-order valence-corrected chi connectivity index (χ0v) is 16.9. The molecule has 2 fully saturated rings. The molecule has 2 aliphatic rings. The Morgan fingerprint density at radius 2 is 1.70 bits per heavy atom. The molecule has 2 atom stereocenters. The third-order valence-electron chi connectivity index (χ3n) is 5.86. The molecule has 0 N–H and O–H groups in total. The maximum Gasteiger partial charge on any atom is 0.418 e. The Kier molecular flexibility index (Phi) is 5.77. The summed E-state index contributed by atoms with van der Waals surface area (Å²) in [5, 5.41) is 0.260. The molecule has 1 heterocycles. The van der Waals surface area contributed by atoms with Gasteiger partial charge in [0.2, 0.25) is 0 Å². The van der Waals surface area contributed by atoms with Crippen molar-refractivity contribution in [2.45, 2.75) is 18.5 Å². The smallest absolute Gasteiger partial charge is 0.368 e. The first-order chi connectivity index (χ1) is 14.2. The van der Waals surface area contributed by atoms with E-state index in [0.717, 1.165) is 18.1 Å². The Morgan fingerprint density at radius 1 is 1.03 bits per heavy atom. The predicted octanol–water partition coefficient (Wildman–Crippen LogP) is 4.99. The average molecular weight is 441 g/mol. The van der Waals surface area contributed by atoms with Gasteiger partial charge in [0, 0.05) is 37.1 Å². The van der Waals surface area contributed by atoms with Crippen LogP contribution < -0.4 is 4.90 Å². The number of alkyl halides is 3. The van der Waals surface area contributed by atoms with Crippen molar-refractivity contribution in [2.75, 3.05) is 37.6 Å². The topological polar surface area (TPSA) is 23.6 Å². The van der Waals surface area contributed by atoms with E-state index in [-0.39, 0.29) is 40.7 Å². The molecule has 0 aromatic heterocycles. The lowest BCUT2D eigenvalue weighted by Gasteiger charge is -2.37. The van der Waals surface area contributed by atoms with Gasteiger partial charge >= 0.3 is 6.18 Å². The van der Waals surface area contributed by atoms with Crippen LogP contribution in [0.25, 0.3) is 0 Å². The first-order valence-electron chi connectivity index (χ1n) is 9.84. The summed E-state index contributed by atoms with van der Waals surface area (Å²) >= 11 is 5.93. The second-order valence-electron chi connectivity index (χ2n) is 7.89. The van der Waals surface area contributed by atoms with Gasteiger partial charge in [-0.3, -0.25) is 9.69 Å². The number of benzene rings is 2. The first-order valence-corrected chi connectivity index (χ1v) is 10.2. The SMILES string of the molecule is O=C(CN1CCN(c2cc(Cl)ccc2C(F)(F)F)CC1)[C@H]1CC1c1ccc(F)cc1. The van der Waals surface area contributed by atoms with Crippen LogP contribution in [0.1, 0.15) is 23.5 Å². The van der Waals surface area contributed by atoms with Crippen molar-refractivity contribution in [3.63, 3.8) is 0 Å². The molecule has 0 amide bonds. The van der Waals surface area contributed by atoms with Gasteiger partial charge < -0.3 is 4.90 Å². The Morgan fingerprint density at radius 3 is 2.33 bits per heavy atom. The summed E-state index contributed by atoms with van der Waals surface area (Å²) in [5.74, 6) is -0.0801. The number of carbonyl (C=O) groups is 1. The van der Waals surface area contributed by atoms with Gasteiger partial charge in [0.1, 0.15) is 5.82 Å². The molecule has 1 aliphatic carbocycles. The summed E-state index contributed by atoms with van der Waals surface area (Å²) in [6.45, 7) is 2.08. The van der Waals surface area contributed by atoms with E-state index in [1.165, 1.54) is 24.3 Å². The largest absolute Gasteiger partial charge is 0.418 e. The molecule has 0 spiro atoms. The van der Waals surface area contributed by atoms with Crippen molar-refractivity contribution in [1.29, 1.82) is 0 Å². The number of hydrogen-bond acceptors (Lipinski definition) is 3. The highest BCUT2D eigenvalue weighted by atomic mass is 35.5. The number of ketones is 1. The summed E-state index contributed by atoms with van der Waals surface area (Å²) in [7, 11) is 0. The molecular weight excluding hydrogens is 420 g/mol. The molecule has 4 rings (SSSR count). The number of nitrogens with zero attached hydrogens (tertiary/aromatic N) is 2. The van der Waals surface area contributed by atoms with Crippen LogP contribution in [-0.2, 0) is 11.0 Å². The van der Waals surface area contributed by atoms with Gasteiger partial charge in [-0.2, -0.15) is 13.2 Å². The average Bonchev–Trinajstić information content (AvgIpc) is 3.49. The van der Waals surface area contributed by atoms with Crippen LogP contribution in [0.4, 0.5) is 23.2 Å². The highest BCUT2D eigenvalue weighted by Crippen LogP contribution is 2.48. The molecule has 160 valence electrons. The monoisotopic (exact) mass is 440 g/mol. The van der Waals surface area contributed by atoms with Crippen molar-refractivity contribution < 1.29 is 22.4 Å². The van der Waals surface area contributed by atoms with E-state index in [9.17, 15) is 22.4 Å². The van der Waals surface area contributed by atoms with E-state index in [1.54, 1.807) is 17.0 Å². The summed E-state index contributed by atoms with van der Waals surface area (Å²) in [6, 6.07) is 9.85. The van der Waals surface area contributed by atoms with Gasteiger partial charge in [0.05, 0.1) is 17.8 Å². The quantitative estimate of drug-likeness (QED) is 0.612. The number of Topliss-reactive ketones (excluding diaryl/α,β-unsaturated/α-hetero) is 1. The highest BCUT2D eigenvalue weighted by Gasteiger charge is 2.44. The minimum absolute atomic E-state index is 0.0572. The molecule has 3 nitrogen and oxygen atoms in total. The van der Waals surface area contributed by atoms with E-state index in [0.29, 0.717) is 26.2 Å². The molecule has 0 bridgehead atoms. The summed E-state index contributed by atoms with van der Waals surface area (Å²) in [5.41, 5.74) is 0.358. The fourth-order valence-corrected chi connectivity index (χ4v) is 4.29. The molecule has 8 heteroatoms. The number of rotatable bonds is 5. The zero-order valence-electron chi connectivity index (χ0n) is 16.1. The standard InChI is InChI=1S/C22H21ClF4N2O/c23-15-3-6-19(22(25,26)27)20(11-15)29-9-7-28(8-10-29)13-21(30)18-12-17(18)14-1-4-16(24)5-2-14/h1-6,11,17-18H,7-10,12-13H2/t17?,18-/m0/s1. The van der Waals surface area contributed by atoms with Crippen molar-refractivity contribution in [3.8, 4) is 0 Å². The molecule has 1 aliphatic heterocycles. The van der Waals surface area contributed by atoms with Gasteiger partial charge in [-0.1, -0.05) is 23.7 Å². The van der Waals surface area contributed by atoms with Gasteiger partial charge in [-0.15, -0.1) is 0 Å². The molecule has 2 aromatic rings. The van der Waals surface area contributed by atoms with Gasteiger partial charge in [0.15, 0.2) is 5.78 Å². The van der Waals surface area contributed by atoms with Gasteiger partial charge in [-0.25, -0.2) is 4.39 Å². The van der Waals surface area contributed by atoms with Crippen LogP contribution in [0, 0.1) is 11.7 Å². The highest BCUT2D eigenvalue weighted by molar-refractivity contribution is 6.30. The normalized spacial score (nSPS) is 22.2. The number of carbonyl (C=O) groups excluding carboxylic acids is 1. The number of halogens is 5. The van der Waals surface area contributed by atoms with Crippen molar-refractivity contribution in [3.05, 3.63) is 64.4 Å². The molecule has 30 heavy (non-hydrogen) atoms. The van der Waals surface area contributed by atoms with Gasteiger partial charge in [0.25, 0.3) is 0 Å². The first kappa shape index (κ1) is 21.1. The number of piperazine rings is 1. The minimum atomic E-state index is -4.45. The van der Waals surface area contributed by atoms with Crippen LogP contribution in [-0.4, -0.2) is 43.4 Å². The van der Waals surface area contributed by atoms with Crippen LogP contribution in [0.5, 0.6) is 0 Å². The zero-order chi connectivity index (χ0) is 21.5. The second-order valence-corrected chi connectivity index (χ2v) is 8.33. The second kappa shape index (κ2) is 8.19. The number of hydrogen-bond donors (Lipinski definition) is 0. The molecule has 0 radical (unpaired) electrons. The van der Waals surface area contributed by atoms with Crippen molar-refractivity contribution >= 4 is 23.1 Å². The Hall–Kier alpha value is -2.12. The maximum absolute atomic E-state index is 13.3. The Balaban J connectivity index is 1.33. The Bertz CT molecular complexity index is 924. The van der Waals surface area contributed by atoms with E-state index < -0.39 is 11.7 Å². The van der Waals surface area contributed by atoms with Crippen LogP contribution >= 0.6 is 11.6 Å². The van der Waals surface area contributed by atoms with Crippen LogP contribution in [0.15, 0.2) is 42.5 Å². The molecule has 1 saturated heterocycles. The lowest BCUT2D eigenvalue weighted by Crippen LogP contribution is -2.48. The lowest BCUT2D eigenvalue weighted by molar-refractivity contribution is -0.137. The predicted molar refractivity (Wildman–Crippen MR) is 107 cm³/mol. The molecular formula is C22H21ClF4N2O. The van der Waals surface area contributed by atoms with E-state index >= 15 is 0 Å². The number of anilines is 1. The fourth-order valence-electron chi connectivity index (χ4n) is 4.12. The third-order valence-corrected chi connectivity index (χ3v) is 6.09. The van der Waals surface area contributed by atoms with Gasteiger partial charge in [-0.05, 0) is 48.2 Å². The maximum atomic E-state index is 13.3.